The van der Waals surface area contributed by atoms with E-state index >= 15 is 0 Å². The lowest BCUT2D eigenvalue weighted by molar-refractivity contribution is 1.26. The molecule has 0 aliphatic carbocycles. The smallest absolute Gasteiger partial charge is 0.0662 e. The summed E-state index contributed by atoms with van der Waals surface area (Å²) in [5, 5.41) is 5.29. The molecule has 0 aliphatic heterocycles. The SMILES string of the molecule is [B][P+](C[Si](C)(C)CC[Si](C)(C)C[P+]([B])(c1ccccc1)c1ccccc1)(c1ccccc1)c1ccccc1. The number of hydrogen-bond donors (Lipinski definition) is 0. The van der Waals surface area contributed by atoms with Gasteiger partial charge in [-0.25, -0.2) is 0 Å². The van der Waals surface area contributed by atoms with Gasteiger partial charge in [0.05, 0.1) is 37.4 Å². The summed E-state index contributed by atoms with van der Waals surface area (Å²) >= 11 is 0. The lowest BCUT2D eigenvalue weighted by Gasteiger charge is -2.35. The predicted octanol–water partition coefficient (Wildman–Crippen LogP) is 6.99. The summed E-state index contributed by atoms with van der Waals surface area (Å²) < 4.78 is 0. The summed E-state index contributed by atoms with van der Waals surface area (Å²) in [6.07, 6.45) is 0. The van der Waals surface area contributed by atoms with Crippen LogP contribution in [0.3, 0.4) is 0 Å². The van der Waals surface area contributed by atoms with Crippen LogP contribution < -0.4 is 21.2 Å². The van der Waals surface area contributed by atoms with E-state index < -0.39 is 30.4 Å². The molecule has 0 aliphatic rings. The zero-order valence-electron chi connectivity index (χ0n) is 23.4. The first-order chi connectivity index (χ1) is 18.0. The highest BCUT2D eigenvalue weighted by atomic mass is 31.2. The van der Waals surface area contributed by atoms with Crippen molar-refractivity contribution in [3.05, 3.63) is 121 Å². The van der Waals surface area contributed by atoms with Crippen LogP contribution in [0.15, 0.2) is 121 Å². The summed E-state index contributed by atoms with van der Waals surface area (Å²) in [5.41, 5.74) is 0. The maximum Gasteiger partial charge on any atom is 0.376 e. The quantitative estimate of drug-likeness (QED) is 0.136. The molecular formula is C32H40B2P2Si2+2. The van der Waals surface area contributed by atoms with Crippen molar-refractivity contribution in [2.24, 2.45) is 0 Å². The van der Waals surface area contributed by atoms with E-state index in [1.807, 2.05) is 0 Å². The number of benzene rings is 4. The topological polar surface area (TPSA) is 0 Å². The van der Waals surface area contributed by atoms with Crippen LogP contribution in [0.4, 0.5) is 0 Å². The molecule has 0 heterocycles. The van der Waals surface area contributed by atoms with Crippen LogP contribution in [0.1, 0.15) is 0 Å². The van der Waals surface area contributed by atoms with E-state index in [1.165, 1.54) is 33.3 Å². The van der Waals surface area contributed by atoms with Crippen LogP contribution in [0.2, 0.25) is 38.3 Å². The van der Waals surface area contributed by atoms with E-state index in [9.17, 15) is 0 Å². The molecule has 0 saturated heterocycles. The summed E-state index contributed by atoms with van der Waals surface area (Å²) in [5.74, 6) is 2.28. The average molecular weight is 564 g/mol. The van der Waals surface area contributed by atoms with Crippen LogP contribution in [0.25, 0.3) is 0 Å². The minimum atomic E-state index is -1.95. The highest BCUT2D eigenvalue weighted by molar-refractivity contribution is 8.10. The Morgan fingerprint density at radius 3 is 0.842 bits per heavy atom. The van der Waals surface area contributed by atoms with Gasteiger partial charge in [-0.1, -0.05) is 111 Å². The molecule has 0 fully saturated rings. The lowest BCUT2D eigenvalue weighted by Crippen LogP contribution is -2.43. The van der Waals surface area contributed by atoms with E-state index in [0.717, 1.165) is 11.6 Å². The first kappa shape index (κ1) is 29.3. The van der Waals surface area contributed by atoms with Gasteiger partial charge in [-0.3, -0.25) is 0 Å². The highest BCUT2D eigenvalue weighted by Gasteiger charge is 2.46. The second-order valence-electron chi connectivity index (χ2n) is 12.2. The van der Waals surface area contributed by atoms with Gasteiger partial charge in [0.25, 0.3) is 0 Å². The molecule has 0 atom stereocenters. The van der Waals surface area contributed by atoms with Gasteiger partial charge in [-0.15, -0.1) is 0 Å². The standard InChI is InChI=1S/C32H40B2P2Si2/c1-37(2,27-35(33,29-17-9-5-10-18-29)30-19-11-6-12-20-30)25-26-38(3,4)28-36(34,31-21-13-7-14-22-31)32-23-15-8-16-24-32/h5-24H,25-28H2,1-4H3/q+2. The molecule has 0 bridgehead atoms. The van der Waals surface area contributed by atoms with Crippen LogP contribution in [0.5, 0.6) is 0 Å². The molecule has 0 aromatic heterocycles. The van der Waals surface area contributed by atoms with Crippen molar-refractivity contribution in [3.8, 4) is 0 Å². The Morgan fingerprint density at radius 2 is 0.632 bits per heavy atom. The second-order valence-corrected chi connectivity index (χ2v) is 30.0. The van der Waals surface area contributed by atoms with Gasteiger partial charge in [-0.2, -0.15) is 0 Å². The van der Waals surface area contributed by atoms with Crippen molar-refractivity contribution in [3.63, 3.8) is 0 Å². The normalized spacial score (nSPS) is 12.8. The fourth-order valence-corrected chi connectivity index (χ4v) is 29.4. The zero-order chi connectivity index (χ0) is 27.3. The van der Waals surface area contributed by atoms with Crippen LogP contribution >= 0.6 is 14.3 Å². The summed E-state index contributed by atoms with van der Waals surface area (Å²) in [4.78, 5) is 0. The number of rotatable bonds is 11. The van der Waals surface area contributed by atoms with Crippen LogP contribution in [0, 0.1) is 0 Å². The van der Waals surface area contributed by atoms with E-state index in [4.69, 9.17) is 15.1 Å². The minimum Gasteiger partial charge on any atom is -0.0662 e. The molecule has 0 nitrogen and oxygen atoms in total. The van der Waals surface area contributed by atoms with E-state index in [-0.39, 0.29) is 0 Å². The molecule has 0 N–H and O–H groups in total. The number of hydrogen-bond acceptors (Lipinski definition) is 0. The maximum atomic E-state index is 7.46. The fourth-order valence-electron chi connectivity index (χ4n) is 5.62. The Kier molecular flexibility index (Phi) is 9.42. The molecule has 190 valence electrons. The van der Waals surface area contributed by atoms with Gasteiger partial charge in [0.1, 0.15) is 0 Å². The zero-order valence-corrected chi connectivity index (χ0v) is 27.2. The predicted molar refractivity (Wildman–Crippen MR) is 184 cm³/mol. The van der Waals surface area contributed by atoms with Gasteiger partial charge in [0, 0.05) is 25.9 Å². The fraction of sp³-hybridized carbons (Fsp3) is 0.250. The first-order valence-corrected chi connectivity index (χ1v) is 24.5. The average Bonchev–Trinajstić information content (AvgIpc) is 2.93. The third kappa shape index (κ3) is 7.08. The monoisotopic (exact) mass is 564 g/mol. The second kappa shape index (κ2) is 12.2. The third-order valence-corrected chi connectivity index (χ3v) is 27.1. The molecule has 4 rings (SSSR count). The Labute approximate surface area is 237 Å². The van der Waals surface area contributed by atoms with Gasteiger partial charge >= 0.3 is 15.1 Å². The van der Waals surface area contributed by atoms with Crippen molar-refractivity contribution in [1.29, 1.82) is 0 Å². The van der Waals surface area contributed by atoms with Gasteiger partial charge in [-0.05, 0) is 48.5 Å². The molecule has 0 unspecified atom stereocenters. The Morgan fingerprint density at radius 1 is 0.421 bits per heavy atom. The van der Waals surface area contributed by atoms with Crippen molar-refractivity contribution in [2.45, 2.75) is 38.3 Å². The van der Waals surface area contributed by atoms with E-state index in [0.29, 0.717) is 0 Å². The summed E-state index contributed by atoms with van der Waals surface area (Å²) in [6.45, 7) is 10.2. The molecule has 0 amide bonds. The van der Waals surface area contributed by atoms with Gasteiger partial charge in [0.2, 0.25) is 0 Å². The van der Waals surface area contributed by atoms with E-state index in [1.54, 1.807) is 0 Å². The molecular weight excluding hydrogens is 524 g/mol. The Bertz CT molecular complexity index is 1100. The Balaban J connectivity index is 1.56. The highest BCUT2D eigenvalue weighted by Crippen LogP contribution is 2.56. The van der Waals surface area contributed by atoms with Crippen LogP contribution in [-0.2, 0) is 0 Å². The summed E-state index contributed by atoms with van der Waals surface area (Å²) in [7, 11) is 7.78. The molecule has 4 aromatic rings. The van der Waals surface area contributed by atoms with Crippen LogP contribution in [-0.4, -0.2) is 42.8 Å². The van der Waals surface area contributed by atoms with Crippen molar-refractivity contribution in [2.75, 3.05) is 11.6 Å². The third-order valence-electron chi connectivity index (χ3n) is 7.70. The molecule has 6 heteroatoms. The van der Waals surface area contributed by atoms with Gasteiger partial charge in [0.15, 0.2) is 0 Å². The van der Waals surface area contributed by atoms with E-state index in [2.05, 4.69) is 148 Å². The lowest BCUT2D eigenvalue weighted by atomic mass is 10.4. The van der Waals surface area contributed by atoms with Gasteiger partial charge < -0.3 is 0 Å². The molecule has 0 spiro atoms. The maximum absolute atomic E-state index is 7.46. The molecule has 4 radical (unpaired) electrons. The summed E-state index contributed by atoms with van der Waals surface area (Å²) in [6, 6.07) is 46.1. The largest absolute Gasteiger partial charge is 0.376 e. The minimum absolute atomic E-state index is 1.14. The van der Waals surface area contributed by atoms with Crippen molar-refractivity contribution in [1.82, 2.24) is 0 Å². The molecule has 4 aromatic carbocycles. The molecule has 0 saturated carbocycles. The first-order valence-electron chi connectivity index (χ1n) is 13.6. The Hall–Kier alpha value is -1.70. The van der Waals surface area contributed by atoms with Crippen molar-refractivity contribution >= 4 is 66.8 Å². The molecule has 38 heavy (non-hydrogen) atoms. The van der Waals surface area contributed by atoms with Crippen molar-refractivity contribution < 1.29 is 0 Å².